The van der Waals surface area contributed by atoms with E-state index in [4.69, 9.17) is 0 Å². The lowest BCUT2D eigenvalue weighted by Crippen LogP contribution is -2.42. The smallest absolute Gasteiger partial charge is 0.246 e. The Morgan fingerprint density at radius 1 is 1.27 bits per heavy atom. The van der Waals surface area contributed by atoms with Crippen LogP contribution >= 0.6 is 0 Å². The van der Waals surface area contributed by atoms with Crippen molar-refractivity contribution in [1.82, 2.24) is 29.9 Å². The van der Waals surface area contributed by atoms with Crippen molar-refractivity contribution in [2.24, 2.45) is 0 Å². The van der Waals surface area contributed by atoms with Crippen molar-refractivity contribution in [1.29, 1.82) is 0 Å². The minimum atomic E-state index is -0.254. The maximum absolute atomic E-state index is 12.6. The van der Waals surface area contributed by atoms with Crippen LogP contribution in [0.25, 0.3) is 11.5 Å². The molecule has 0 radical (unpaired) electrons. The molecule has 1 saturated heterocycles. The third-order valence-corrected chi connectivity index (χ3v) is 5.14. The Morgan fingerprint density at radius 2 is 2.14 bits per heavy atom. The molecule has 2 atom stereocenters. The molecular formula is C15H18N6O. The molecule has 1 N–H and O–H groups in total. The molecule has 1 aliphatic carbocycles. The molecule has 5 rings (SSSR count). The van der Waals surface area contributed by atoms with Crippen LogP contribution in [0.15, 0.2) is 6.07 Å². The highest BCUT2D eigenvalue weighted by atomic mass is 16.2. The molecule has 1 saturated carbocycles. The van der Waals surface area contributed by atoms with Gasteiger partial charge in [-0.3, -0.25) is 14.5 Å². The number of nitrogens with zero attached hydrogens (tertiary/aromatic N) is 5. The van der Waals surface area contributed by atoms with Crippen LogP contribution in [0.2, 0.25) is 0 Å². The highest BCUT2D eigenvalue weighted by Crippen LogP contribution is 2.42. The first-order chi connectivity index (χ1) is 10.7. The van der Waals surface area contributed by atoms with Crippen molar-refractivity contribution in [3.05, 3.63) is 17.6 Å². The third-order valence-electron chi connectivity index (χ3n) is 5.14. The molecule has 2 aromatic rings. The Bertz CT molecular complexity index is 758. The molecule has 4 heterocycles. The van der Waals surface area contributed by atoms with Crippen molar-refractivity contribution >= 4 is 5.91 Å². The molecule has 2 aromatic heterocycles. The van der Waals surface area contributed by atoms with Gasteiger partial charge >= 0.3 is 0 Å². The van der Waals surface area contributed by atoms with E-state index in [1.807, 2.05) is 16.4 Å². The van der Waals surface area contributed by atoms with Crippen molar-refractivity contribution in [3.8, 4) is 11.5 Å². The topological polar surface area (TPSA) is 79.7 Å². The summed E-state index contributed by atoms with van der Waals surface area (Å²) in [5, 5.41) is 16.3. The Labute approximate surface area is 127 Å². The normalized spacial score (nSPS) is 27.1. The first-order valence-electron chi connectivity index (χ1n) is 8.05. The number of aromatic nitrogens is 5. The summed E-state index contributed by atoms with van der Waals surface area (Å²) in [6.45, 7) is 2.77. The summed E-state index contributed by atoms with van der Waals surface area (Å²) in [6, 6.07) is 1.90. The summed E-state index contributed by atoms with van der Waals surface area (Å²) in [4.78, 5) is 14.6. The Hall–Kier alpha value is -2.18. The second-order valence-corrected chi connectivity index (χ2v) is 6.60. The average molecular weight is 298 g/mol. The molecule has 2 aliphatic heterocycles. The molecule has 2 fully saturated rings. The van der Waals surface area contributed by atoms with Gasteiger partial charge in [0.25, 0.3) is 0 Å². The minimum absolute atomic E-state index is 0.0896. The number of nitrogens with one attached hydrogen (secondary N) is 1. The molecular weight excluding hydrogens is 280 g/mol. The van der Waals surface area contributed by atoms with Crippen LogP contribution in [0, 0.1) is 0 Å². The molecule has 7 heteroatoms. The van der Waals surface area contributed by atoms with E-state index in [9.17, 15) is 4.79 Å². The van der Waals surface area contributed by atoms with E-state index in [2.05, 4.69) is 26.5 Å². The number of fused-ring (bicyclic) bond motifs is 3. The standard InChI is InChI=1S/C15H18N6O/c1-8-15(22)20-6-2-3-12(20)14-19-18-13(21(8)14)11-7-10(16-17-11)9-4-5-9/h7-9,12H,2-6H2,1H3,(H,16,17)/t8-,12-/m0/s1. The van der Waals surface area contributed by atoms with Crippen LogP contribution < -0.4 is 0 Å². The SMILES string of the molecule is C[C@H]1C(=O)N2CCC[C@H]2c2nnc(-c3cc(C4CC4)[nH]n3)n21. The van der Waals surface area contributed by atoms with Gasteiger partial charge in [0.05, 0.1) is 6.04 Å². The fraction of sp³-hybridized carbons (Fsp3) is 0.600. The van der Waals surface area contributed by atoms with Crippen LogP contribution in [0.5, 0.6) is 0 Å². The fourth-order valence-corrected chi connectivity index (χ4v) is 3.79. The molecule has 7 nitrogen and oxygen atoms in total. The second-order valence-electron chi connectivity index (χ2n) is 6.60. The Kier molecular flexibility index (Phi) is 2.35. The zero-order chi connectivity index (χ0) is 14.8. The van der Waals surface area contributed by atoms with Gasteiger partial charge in [-0.05, 0) is 38.7 Å². The maximum atomic E-state index is 12.6. The average Bonchev–Trinajstić information content (AvgIpc) is 2.97. The fourth-order valence-electron chi connectivity index (χ4n) is 3.79. The number of carbonyl (C=O) groups excluding carboxylic acids is 1. The maximum Gasteiger partial charge on any atom is 0.246 e. The predicted molar refractivity (Wildman–Crippen MR) is 78.0 cm³/mol. The second kappa shape index (κ2) is 4.18. The Balaban J connectivity index is 1.62. The number of hydrogen-bond donors (Lipinski definition) is 1. The summed E-state index contributed by atoms with van der Waals surface area (Å²) in [6.07, 6.45) is 4.47. The van der Waals surface area contributed by atoms with Crippen LogP contribution in [0.4, 0.5) is 0 Å². The van der Waals surface area contributed by atoms with Gasteiger partial charge in [-0.25, -0.2) is 0 Å². The van der Waals surface area contributed by atoms with Gasteiger partial charge in [-0.2, -0.15) is 5.10 Å². The van der Waals surface area contributed by atoms with Gasteiger partial charge in [-0.1, -0.05) is 0 Å². The highest BCUT2D eigenvalue weighted by Gasteiger charge is 2.43. The monoisotopic (exact) mass is 298 g/mol. The molecule has 0 spiro atoms. The van der Waals surface area contributed by atoms with Gasteiger partial charge in [0.15, 0.2) is 11.6 Å². The molecule has 0 aromatic carbocycles. The van der Waals surface area contributed by atoms with E-state index in [-0.39, 0.29) is 18.0 Å². The van der Waals surface area contributed by atoms with Crippen molar-refractivity contribution in [2.45, 2.75) is 50.6 Å². The summed E-state index contributed by atoms with van der Waals surface area (Å²) in [5.41, 5.74) is 1.97. The van der Waals surface area contributed by atoms with Crippen LogP contribution in [0.3, 0.4) is 0 Å². The molecule has 1 amide bonds. The van der Waals surface area contributed by atoms with E-state index >= 15 is 0 Å². The van der Waals surface area contributed by atoms with Crippen molar-refractivity contribution in [2.75, 3.05) is 6.54 Å². The predicted octanol–water partition coefficient (Wildman–Crippen LogP) is 1.78. The van der Waals surface area contributed by atoms with Crippen LogP contribution in [-0.4, -0.2) is 42.3 Å². The van der Waals surface area contributed by atoms with Crippen LogP contribution in [-0.2, 0) is 4.79 Å². The number of carbonyl (C=O) groups is 1. The number of hydrogen-bond acceptors (Lipinski definition) is 4. The molecule has 22 heavy (non-hydrogen) atoms. The largest absolute Gasteiger partial charge is 0.331 e. The zero-order valence-corrected chi connectivity index (χ0v) is 12.5. The number of amides is 1. The highest BCUT2D eigenvalue weighted by molar-refractivity contribution is 5.82. The van der Waals surface area contributed by atoms with Crippen LogP contribution in [0.1, 0.15) is 62.1 Å². The summed E-state index contributed by atoms with van der Waals surface area (Å²) in [7, 11) is 0. The Morgan fingerprint density at radius 3 is 2.95 bits per heavy atom. The first-order valence-corrected chi connectivity index (χ1v) is 8.05. The van der Waals surface area contributed by atoms with Gasteiger partial charge in [-0.15, -0.1) is 10.2 Å². The molecule has 0 unspecified atom stereocenters. The van der Waals surface area contributed by atoms with Gasteiger partial charge in [0, 0.05) is 18.2 Å². The quantitative estimate of drug-likeness (QED) is 0.916. The number of aromatic amines is 1. The summed E-state index contributed by atoms with van der Waals surface area (Å²) < 4.78 is 1.99. The number of H-pyrrole nitrogens is 1. The first kappa shape index (κ1) is 12.4. The summed E-state index contributed by atoms with van der Waals surface area (Å²) >= 11 is 0. The van der Waals surface area contributed by atoms with E-state index in [1.165, 1.54) is 18.5 Å². The van der Waals surface area contributed by atoms with Crippen molar-refractivity contribution < 1.29 is 4.79 Å². The minimum Gasteiger partial charge on any atom is -0.331 e. The molecule has 3 aliphatic rings. The lowest BCUT2D eigenvalue weighted by atomic mass is 10.1. The summed E-state index contributed by atoms with van der Waals surface area (Å²) in [5.74, 6) is 2.42. The molecule has 0 bridgehead atoms. The zero-order valence-electron chi connectivity index (χ0n) is 12.5. The van der Waals surface area contributed by atoms with Gasteiger partial charge < -0.3 is 4.90 Å². The van der Waals surface area contributed by atoms with E-state index in [0.717, 1.165) is 30.9 Å². The van der Waals surface area contributed by atoms with E-state index in [0.29, 0.717) is 11.7 Å². The van der Waals surface area contributed by atoms with Crippen molar-refractivity contribution in [3.63, 3.8) is 0 Å². The molecule has 114 valence electrons. The lowest BCUT2D eigenvalue weighted by molar-refractivity contribution is -0.137. The van der Waals surface area contributed by atoms with Gasteiger partial charge in [0.2, 0.25) is 5.91 Å². The number of rotatable bonds is 2. The lowest BCUT2D eigenvalue weighted by Gasteiger charge is -2.34. The van der Waals surface area contributed by atoms with Gasteiger partial charge in [0.1, 0.15) is 11.7 Å². The third kappa shape index (κ3) is 1.56. The van der Waals surface area contributed by atoms with E-state index in [1.54, 1.807) is 0 Å². The van der Waals surface area contributed by atoms with E-state index < -0.39 is 0 Å².